The average Bonchev–Trinajstić information content (AvgIpc) is 2.55. The fraction of sp³-hybridized carbons (Fsp3) is 0.778. The topological polar surface area (TPSA) is 69.6 Å². The molecule has 5 nitrogen and oxygen atoms in total. The maximum atomic E-state index is 11.6. The summed E-state index contributed by atoms with van der Waals surface area (Å²) in [6.07, 6.45) is 1.74. The van der Waals surface area contributed by atoms with Crippen molar-refractivity contribution in [2.24, 2.45) is 0 Å². The van der Waals surface area contributed by atoms with Gasteiger partial charge in [0.05, 0.1) is 12.6 Å². The summed E-state index contributed by atoms with van der Waals surface area (Å²) in [7, 11) is 0. The second kappa shape index (κ2) is 3.57. The van der Waals surface area contributed by atoms with Crippen LogP contribution in [0.1, 0.15) is 19.3 Å². The molecule has 0 aromatic rings. The number of aliphatic hydroxyl groups is 1. The highest BCUT2D eigenvalue weighted by Crippen LogP contribution is 2.26. The van der Waals surface area contributed by atoms with Crippen LogP contribution in [0.2, 0.25) is 0 Å². The summed E-state index contributed by atoms with van der Waals surface area (Å²) in [6, 6.07) is -0.501. The molecule has 2 saturated heterocycles. The summed E-state index contributed by atoms with van der Waals surface area (Å²) >= 11 is 0. The number of nitrogens with zero attached hydrogens (tertiary/aromatic N) is 1. The minimum Gasteiger partial charge on any atom is -0.394 e. The van der Waals surface area contributed by atoms with Gasteiger partial charge < -0.3 is 15.3 Å². The molecule has 0 aliphatic carbocycles. The van der Waals surface area contributed by atoms with Crippen LogP contribution in [-0.4, -0.2) is 47.1 Å². The Kier molecular flexibility index (Phi) is 2.41. The number of fused-ring (bicyclic) bond motifs is 1. The molecule has 78 valence electrons. The fourth-order valence-corrected chi connectivity index (χ4v) is 2.24. The number of hydrogen-bond acceptors (Lipinski definition) is 3. The van der Waals surface area contributed by atoms with E-state index < -0.39 is 0 Å². The number of carbonyl (C=O) groups excluding carboxylic acids is 2. The lowest BCUT2D eigenvalue weighted by atomic mass is 10.2. The highest BCUT2D eigenvalue weighted by molar-refractivity contribution is 5.90. The molecule has 2 fully saturated rings. The predicted octanol–water partition coefficient (Wildman–Crippen LogP) is -1.14. The Balaban J connectivity index is 2.22. The van der Waals surface area contributed by atoms with Gasteiger partial charge in [0, 0.05) is 13.0 Å². The van der Waals surface area contributed by atoms with Gasteiger partial charge >= 0.3 is 0 Å². The number of nitrogens with one attached hydrogen (secondary N) is 1. The molecular formula is C9H14N2O3. The first kappa shape index (κ1) is 9.45. The van der Waals surface area contributed by atoms with E-state index in [0.29, 0.717) is 19.4 Å². The largest absolute Gasteiger partial charge is 0.394 e. The molecule has 0 aromatic carbocycles. The van der Waals surface area contributed by atoms with Gasteiger partial charge in [-0.05, 0) is 12.8 Å². The van der Waals surface area contributed by atoms with Crippen LogP contribution >= 0.6 is 0 Å². The minimum atomic E-state index is -0.345. The molecule has 14 heavy (non-hydrogen) atoms. The molecule has 2 unspecified atom stereocenters. The Morgan fingerprint density at radius 2 is 2.21 bits per heavy atom. The molecular weight excluding hydrogens is 184 g/mol. The zero-order chi connectivity index (χ0) is 10.1. The lowest BCUT2D eigenvalue weighted by molar-refractivity contribution is -0.138. The zero-order valence-corrected chi connectivity index (χ0v) is 7.90. The van der Waals surface area contributed by atoms with Crippen molar-refractivity contribution in [3.8, 4) is 0 Å². The SMILES string of the molecule is O=C1NCCC(=O)N2C(CO)CCC12. The Hall–Kier alpha value is -1.10. The Morgan fingerprint density at radius 3 is 2.93 bits per heavy atom. The van der Waals surface area contributed by atoms with Crippen molar-refractivity contribution >= 4 is 11.8 Å². The number of amides is 2. The monoisotopic (exact) mass is 198 g/mol. The number of rotatable bonds is 1. The smallest absolute Gasteiger partial charge is 0.242 e. The van der Waals surface area contributed by atoms with E-state index in [9.17, 15) is 9.59 Å². The van der Waals surface area contributed by atoms with Gasteiger partial charge in [0.1, 0.15) is 6.04 Å². The summed E-state index contributed by atoms with van der Waals surface area (Å²) in [5.41, 5.74) is 0. The van der Waals surface area contributed by atoms with E-state index in [2.05, 4.69) is 5.32 Å². The molecule has 0 radical (unpaired) electrons. The maximum Gasteiger partial charge on any atom is 0.242 e. The van der Waals surface area contributed by atoms with Gasteiger partial charge in [0.15, 0.2) is 0 Å². The van der Waals surface area contributed by atoms with Gasteiger partial charge in [0.2, 0.25) is 11.8 Å². The lowest BCUT2D eigenvalue weighted by Crippen LogP contribution is -2.46. The molecule has 0 saturated carbocycles. The van der Waals surface area contributed by atoms with Gasteiger partial charge in [-0.15, -0.1) is 0 Å². The van der Waals surface area contributed by atoms with E-state index >= 15 is 0 Å². The normalized spacial score (nSPS) is 32.5. The summed E-state index contributed by atoms with van der Waals surface area (Å²) in [5, 5.41) is 11.8. The molecule has 0 bridgehead atoms. The summed E-state index contributed by atoms with van der Waals surface area (Å²) < 4.78 is 0. The molecule has 2 aliphatic heterocycles. The van der Waals surface area contributed by atoms with Crippen LogP contribution in [0.4, 0.5) is 0 Å². The molecule has 2 atom stereocenters. The predicted molar refractivity (Wildman–Crippen MR) is 48.4 cm³/mol. The van der Waals surface area contributed by atoms with Crippen LogP contribution in [0.5, 0.6) is 0 Å². The molecule has 0 aromatic heterocycles. The Morgan fingerprint density at radius 1 is 1.43 bits per heavy atom. The van der Waals surface area contributed by atoms with Gasteiger partial charge in [-0.3, -0.25) is 9.59 Å². The van der Waals surface area contributed by atoms with Crippen molar-refractivity contribution in [2.45, 2.75) is 31.3 Å². The summed E-state index contributed by atoms with van der Waals surface area (Å²) in [5.74, 6) is -0.100. The van der Waals surface area contributed by atoms with Crippen molar-refractivity contribution in [1.29, 1.82) is 0 Å². The van der Waals surface area contributed by atoms with Crippen molar-refractivity contribution in [3.63, 3.8) is 0 Å². The first-order chi connectivity index (χ1) is 6.74. The summed E-state index contributed by atoms with van der Waals surface area (Å²) in [6.45, 7) is 0.373. The number of aliphatic hydroxyl groups excluding tert-OH is 1. The first-order valence-corrected chi connectivity index (χ1v) is 4.94. The first-order valence-electron chi connectivity index (χ1n) is 4.94. The Labute approximate surface area is 82.1 Å². The van der Waals surface area contributed by atoms with Crippen LogP contribution in [-0.2, 0) is 9.59 Å². The summed E-state index contributed by atoms with van der Waals surface area (Å²) in [4.78, 5) is 24.7. The number of hydrogen-bond donors (Lipinski definition) is 2. The van der Waals surface area contributed by atoms with E-state index in [1.807, 2.05) is 0 Å². The van der Waals surface area contributed by atoms with Crippen LogP contribution in [0.3, 0.4) is 0 Å². The van der Waals surface area contributed by atoms with Crippen LogP contribution < -0.4 is 5.32 Å². The third-order valence-electron chi connectivity index (χ3n) is 2.94. The average molecular weight is 198 g/mol. The molecule has 2 amide bonds. The highest BCUT2D eigenvalue weighted by atomic mass is 16.3. The van der Waals surface area contributed by atoms with Gasteiger partial charge in [0.25, 0.3) is 0 Å². The second-order valence-corrected chi connectivity index (χ2v) is 3.77. The van der Waals surface area contributed by atoms with Gasteiger partial charge in [-0.1, -0.05) is 0 Å². The third-order valence-corrected chi connectivity index (χ3v) is 2.94. The molecule has 2 heterocycles. The third kappa shape index (κ3) is 1.37. The van der Waals surface area contributed by atoms with E-state index in [0.717, 1.165) is 6.42 Å². The number of carbonyl (C=O) groups is 2. The van der Waals surface area contributed by atoms with E-state index in [1.54, 1.807) is 4.90 Å². The lowest BCUT2D eigenvalue weighted by Gasteiger charge is -2.25. The van der Waals surface area contributed by atoms with Crippen molar-refractivity contribution in [2.75, 3.05) is 13.2 Å². The van der Waals surface area contributed by atoms with Crippen LogP contribution in [0.25, 0.3) is 0 Å². The fourth-order valence-electron chi connectivity index (χ4n) is 2.24. The van der Waals surface area contributed by atoms with Crippen molar-refractivity contribution in [1.82, 2.24) is 10.2 Å². The molecule has 0 spiro atoms. The molecule has 2 aliphatic rings. The van der Waals surface area contributed by atoms with E-state index in [-0.39, 0.29) is 30.5 Å². The van der Waals surface area contributed by atoms with E-state index in [4.69, 9.17) is 5.11 Å². The molecule has 5 heteroatoms. The molecule has 2 rings (SSSR count). The quantitative estimate of drug-likeness (QED) is 0.559. The van der Waals surface area contributed by atoms with Crippen LogP contribution in [0.15, 0.2) is 0 Å². The highest BCUT2D eigenvalue weighted by Gasteiger charge is 2.41. The second-order valence-electron chi connectivity index (χ2n) is 3.77. The van der Waals surface area contributed by atoms with Gasteiger partial charge in [-0.25, -0.2) is 0 Å². The van der Waals surface area contributed by atoms with Crippen molar-refractivity contribution < 1.29 is 14.7 Å². The van der Waals surface area contributed by atoms with Crippen LogP contribution in [0, 0.1) is 0 Å². The standard InChI is InChI=1S/C9H14N2O3/c12-5-6-1-2-7-9(14)10-4-3-8(13)11(6)7/h6-7,12H,1-5H2,(H,10,14). The molecule has 2 N–H and O–H groups in total. The van der Waals surface area contributed by atoms with Gasteiger partial charge in [-0.2, -0.15) is 0 Å². The maximum absolute atomic E-state index is 11.6. The Bertz CT molecular complexity index is 267. The van der Waals surface area contributed by atoms with Crippen molar-refractivity contribution in [3.05, 3.63) is 0 Å². The zero-order valence-electron chi connectivity index (χ0n) is 7.90. The minimum absolute atomic E-state index is 0.0232. The van der Waals surface area contributed by atoms with E-state index in [1.165, 1.54) is 0 Å².